The number of halogens is 4. The van der Waals surface area contributed by atoms with Gasteiger partial charge < -0.3 is 5.32 Å². The van der Waals surface area contributed by atoms with Crippen LogP contribution in [0.3, 0.4) is 0 Å². The normalized spacial score (nSPS) is 21.2. The molecule has 1 atom stereocenters. The first-order valence-corrected chi connectivity index (χ1v) is 9.71. The number of nitrogens with one attached hydrogen (secondary N) is 1. The number of pyridine rings is 1. The summed E-state index contributed by atoms with van der Waals surface area (Å²) < 4.78 is 38.6. The molecule has 1 aliphatic rings. The monoisotopic (exact) mass is 410 g/mol. The predicted octanol–water partition coefficient (Wildman–Crippen LogP) is 5.85. The Bertz CT molecular complexity index is 815. The predicted molar refractivity (Wildman–Crippen MR) is 102 cm³/mol. The van der Waals surface area contributed by atoms with Crippen molar-refractivity contribution in [3.8, 4) is 0 Å². The third kappa shape index (κ3) is 5.04. The van der Waals surface area contributed by atoms with Crippen molar-refractivity contribution in [3.63, 3.8) is 0 Å². The van der Waals surface area contributed by atoms with Gasteiger partial charge in [0.05, 0.1) is 0 Å². The van der Waals surface area contributed by atoms with Gasteiger partial charge in [0.2, 0.25) is 0 Å². The summed E-state index contributed by atoms with van der Waals surface area (Å²) in [6.45, 7) is 1.98. The molecule has 1 saturated carbocycles. The summed E-state index contributed by atoms with van der Waals surface area (Å²) in [5, 5.41) is 3.60. The zero-order valence-electron chi connectivity index (χ0n) is 15.5. The minimum absolute atomic E-state index is 0.00713. The first-order valence-electron chi connectivity index (χ1n) is 9.33. The molecule has 0 bridgehead atoms. The van der Waals surface area contributed by atoms with Crippen molar-refractivity contribution in [1.29, 1.82) is 0 Å². The summed E-state index contributed by atoms with van der Waals surface area (Å²) in [5.41, 5.74) is 0.413. The molecule has 3 rings (SSSR count). The van der Waals surface area contributed by atoms with Crippen molar-refractivity contribution in [1.82, 2.24) is 10.3 Å². The summed E-state index contributed by atoms with van der Waals surface area (Å²) in [5.74, 6) is 0.256. The van der Waals surface area contributed by atoms with E-state index in [9.17, 15) is 18.0 Å². The Kier molecular flexibility index (Phi) is 6.28. The minimum atomic E-state index is -4.42. The number of hydrogen-bond donors (Lipinski definition) is 1. The topological polar surface area (TPSA) is 42.0 Å². The molecule has 1 heterocycles. The number of carbonyl (C=O) groups excluding carboxylic acids is 1. The van der Waals surface area contributed by atoms with E-state index in [1.807, 2.05) is 6.92 Å². The number of hydrogen-bond acceptors (Lipinski definition) is 2. The largest absolute Gasteiger partial charge is 0.433 e. The Labute approximate surface area is 167 Å². The van der Waals surface area contributed by atoms with Gasteiger partial charge in [-0.2, -0.15) is 13.2 Å². The maximum Gasteiger partial charge on any atom is 0.433 e. The van der Waals surface area contributed by atoms with Crippen molar-refractivity contribution >= 4 is 17.5 Å². The Morgan fingerprint density at radius 2 is 1.79 bits per heavy atom. The Morgan fingerprint density at radius 1 is 1.14 bits per heavy atom. The first kappa shape index (κ1) is 20.6. The summed E-state index contributed by atoms with van der Waals surface area (Å²) in [6, 6.07) is 9.55. The SMILES string of the molecule is CC(NC(=O)c1ccc(Cl)cc1)C1CCC(c2ccnc(C(F)(F)F)c2)CC1. The van der Waals surface area contributed by atoms with Gasteiger partial charge in [0.1, 0.15) is 5.69 Å². The lowest BCUT2D eigenvalue weighted by atomic mass is 9.76. The highest BCUT2D eigenvalue weighted by Gasteiger charge is 2.34. The molecule has 28 heavy (non-hydrogen) atoms. The number of benzene rings is 1. The van der Waals surface area contributed by atoms with Crippen LogP contribution in [0.25, 0.3) is 0 Å². The molecular weight excluding hydrogens is 389 g/mol. The number of carbonyl (C=O) groups is 1. The number of nitrogens with zero attached hydrogens (tertiary/aromatic N) is 1. The second-order valence-corrected chi connectivity index (χ2v) is 7.79. The summed E-state index contributed by atoms with van der Waals surface area (Å²) in [6.07, 6.45) is 0.125. The lowest BCUT2D eigenvalue weighted by Gasteiger charge is -2.33. The third-order valence-electron chi connectivity index (χ3n) is 5.49. The molecule has 0 radical (unpaired) electrons. The van der Waals surface area contributed by atoms with Crippen molar-refractivity contribution < 1.29 is 18.0 Å². The van der Waals surface area contributed by atoms with E-state index in [4.69, 9.17) is 11.6 Å². The van der Waals surface area contributed by atoms with E-state index < -0.39 is 11.9 Å². The molecule has 1 unspecified atom stereocenters. The van der Waals surface area contributed by atoms with Gasteiger partial charge in [-0.25, -0.2) is 0 Å². The highest BCUT2D eigenvalue weighted by molar-refractivity contribution is 6.30. The zero-order valence-corrected chi connectivity index (χ0v) is 16.2. The van der Waals surface area contributed by atoms with Crippen molar-refractivity contribution in [3.05, 3.63) is 64.4 Å². The zero-order chi connectivity index (χ0) is 20.3. The van der Waals surface area contributed by atoms with Crippen LogP contribution in [0.2, 0.25) is 5.02 Å². The molecule has 0 aliphatic heterocycles. The Balaban J connectivity index is 1.56. The van der Waals surface area contributed by atoms with Gasteiger partial charge in [0.15, 0.2) is 0 Å². The van der Waals surface area contributed by atoms with E-state index in [0.29, 0.717) is 22.1 Å². The van der Waals surface area contributed by atoms with Gasteiger partial charge in [0.25, 0.3) is 5.91 Å². The van der Waals surface area contributed by atoms with Crippen LogP contribution >= 0.6 is 11.6 Å². The fraction of sp³-hybridized carbons (Fsp3) is 0.429. The average Bonchev–Trinajstić information content (AvgIpc) is 2.68. The molecule has 150 valence electrons. The van der Waals surface area contributed by atoms with Crippen LogP contribution in [0.1, 0.15) is 60.1 Å². The van der Waals surface area contributed by atoms with Crippen molar-refractivity contribution in [2.75, 3.05) is 0 Å². The van der Waals surface area contributed by atoms with Crippen LogP contribution in [-0.2, 0) is 6.18 Å². The highest BCUT2D eigenvalue weighted by Crippen LogP contribution is 2.38. The lowest BCUT2D eigenvalue weighted by Crippen LogP contribution is -2.39. The van der Waals surface area contributed by atoms with Gasteiger partial charge in [-0.3, -0.25) is 9.78 Å². The number of amides is 1. The van der Waals surface area contributed by atoms with Gasteiger partial charge in [0, 0.05) is 22.8 Å². The molecule has 7 heteroatoms. The second-order valence-electron chi connectivity index (χ2n) is 7.35. The molecule has 1 aliphatic carbocycles. The standard InChI is InChI=1S/C21H22ClF3N2O/c1-13(27-20(28)16-6-8-18(22)9-7-16)14-2-4-15(5-3-14)17-10-11-26-19(12-17)21(23,24)25/h6-15H,2-5H2,1H3,(H,27,28). The lowest BCUT2D eigenvalue weighted by molar-refractivity contribution is -0.141. The quantitative estimate of drug-likeness (QED) is 0.687. The van der Waals surface area contributed by atoms with Crippen LogP contribution in [0.4, 0.5) is 13.2 Å². The van der Waals surface area contributed by atoms with Gasteiger partial charge >= 0.3 is 6.18 Å². The third-order valence-corrected chi connectivity index (χ3v) is 5.74. The molecule has 1 N–H and O–H groups in total. The van der Waals surface area contributed by atoms with Gasteiger partial charge in [-0.05, 0) is 86.4 Å². The van der Waals surface area contributed by atoms with Gasteiger partial charge in [-0.1, -0.05) is 11.6 Å². The first-order chi connectivity index (χ1) is 13.2. The number of aromatic nitrogens is 1. The molecule has 3 nitrogen and oxygen atoms in total. The summed E-state index contributed by atoms with van der Waals surface area (Å²) in [7, 11) is 0. The maximum absolute atomic E-state index is 12.9. The molecule has 1 fully saturated rings. The van der Waals surface area contributed by atoms with E-state index in [1.54, 1.807) is 30.3 Å². The smallest absolute Gasteiger partial charge is 0.349 e. The minimum Gasteiger partial charge on any atom is -0.349 e. The number of rotatable bonds is 4. The molecule has 1 aromatic heterocycles. The molecule has 1 aromatic carbocycles. The molecule has 2 aromatic rings. The highest BCUT2D eigenvalue weighted by atomic mass is 35.5. The van der Waals surface area contributed by atoms with Crippen LogP contribution in [0.5, 0.6) is 0 Å². The van der Waals surface area contributed by atoms with E-state index in [1.165, 1.54) is 6.20 Å². The van der Waals surface area contributed by atoms with Crippen LogP contribution in [0.15, 0.2) is 42.6 Å². The van der Waals surface area contributed by atoms with Crippen molar-refractivity contribution in [2.24, 2.45) is 5.92 Å². The molecular formula is C21H22ClF3N2O. The second kappa shape index (κ2) is 8.52. The summed E-state index contributed by atoms with van der Waals surface area (Å²) in [4.78, 5) is 15.8. The Hall–Kier alpha value is -2.08. The van der Waals surface area contributed by atoms with Gasteiger partial charge in [-0.15, -0.1) is 0 Å². The van der Waals surface area contributed by atoms with Crippen LogP contribution in [-0.4, -0.2) is 16.9 Å². The average molecular weight is 411 g/mol. The van der Waals surface area contributed by atoms with E-state index in [0.717, 1.165) is 31.7 Å². The summed E-state index contributed by atoms with van der Waals surface area (Å²) >= 11 is 5.84. The molecule has 0 spiro atoms. The fourth-order valence-corrected chi connectivity index (χ4v) is 3.94. The fourth-order valence-electron chi connectivity index (χ4n) is 3.82. The van der Waals surface area contributed by atoms with Crippen LogP contribution in [0, 0.1) is 5.92 Å². The van der Waals surface area contributed by atoms with E-state index in [2.05, 4.69) is 10.3 Å². The van der Waals surface area contributed by atoms with Crippen molar-refractivity contribution in [2.45, 2.75) is 50.7 Å². The molecule has 0 saturated heterocycles. The van der Waals surface area contributed by atoms with E-state index in [-0.39, 0.29) is 17.9 Å². The maximum atomic E-state index is 12.9. The molecule has 1 amide bonds. The Morgan fingerprint density at radius 3 is 2.39 bits per heavy atom. The van der Waals surface area contributed by atoms with E-state index >= 15 is 0 Å². The number of alkyl halides is 3. The van der Waals surface area contributed by atoms with Crippen LogP contribution < -0.4 is 5.32 Å².